The van der Waals surface area contributed by atoms with Crippen LogP contribution in [0.5, 0.6) is 0 Å². The number of hydrogen-bond donors (Lipinski definition) is 3. The molecule has 1 saturated heterocycles. The van der Waals surface area contributed by atoms with Crippen LogP contribution in [0, 0.1) is 11.8 Å². The average molecular weight is 270 g/mol. The molecule has 1 aliphatic heterocycles. The van der Waals surface area contributed by atoms with E-state index in [0.717, 1.165) is 25.8 Å². The van der Waals surface area contributed by atoms with Crippen molar-refractivity contribution in [3.05, 3.63) is 0 Å². The van der Waals surface area contributed by atoms with E-state index in [0.29, 0.717) is 12.3 Å². The molecule has 0 bridgehead atoms. The van der Waals surface area contributed by atoms with Gasteiger partial charge in [-0.05, 0) is 38.1 Å². The van der Waals surface area contributed by atoms with E-state index in [-0.39, 0.29) is 12.5 Å². The first-order valence-electron chi connectivity index (χ1n) is 7.17. The van der Waals surface area contributed by atoms with Crippen molar-refractivity contribution in [1.29, 1.82) is 0 Å². The number of carbonyl (C=O) groups excluding carboxylic acids is 1. The maximum atomic E-state index is 12.2. The Hall–Kier alpha value is -1.10. The van der Waals surface area contributed by atoms with Gasteiger partial charge < -0.3 is 15.7 Å². The third-order valence-electron chi connectivity index (χ3n) is 3.90. The van der Waals surface area contributed by atoms with Crippen LogP contribution in [-0.4, -0.2) is 35.6 Å². The highest BCUT2D eigenvalue weighted by Gasteiger charge is 2.39. The fourth-order valence-corrected chi connectivity index (χ4v) is 2.69. The minimum atomic E-state index is -0.834. The largest absolute Gasteiger partial charge is 0.481 e. The summed E-state index contributed by atoms with van der Waals surface area (Å²) >= 11 is 0. The van der Waals surface area contributed by atoms with Crippen molar-refractivity contribution in [3.63, 3.8) is 0 Å². The first-order chi connectivity index (χ1) is 8.91. The number of amides is 1. The second kappa shape index (κ2) is 6.89. The lowest BCUT2D eigenvalue weighted by molar-refractivity contribution is -0.142. The number of aliphatic carboxylic acids is 1. The molecule has 1 amide bonds. The molecule has 5 nitrogen and oxygen atoms in total. The van der Waals surface area contributed by atoms with E-state index in [1.165, 1.54) is 0 Å². The predicted octanol–water partition coefficient (Wildman–Crippen LogP) is 1.38. The van der Waals surface area contributed by atoms with Gasteiger partial charge in [-0.1, -0.05) is 20.8 Å². The monoisotopic (exact) mass is 270 g/mol. The molecule has 3 N–H and O–H groups in total. The van der Waals surface area contributed by atoms with Crippen molar-refractivity contribution in [2.75, 3.05) is 13.1 Å². The van der Waals surface area contributed by atoms with Gasteiger partial charge in [0.1, 0.15) is 0 Å². The highest BCUT2D eigenvalue weighted by Crippen LogP contribution is 2.23. The van der Waals surface area contributed by atoms with Crippen molar-refractivity contribution in [2.45, 2.75) is 52.0 Å². The molecule has 2 unspecified atom stereocenters. The molecule has 0 aromatic rings. The average Bonchev–Trinajstić information content (AvgIpc) is 2.83. The lowest BCUT2D eigenvalue weighted by atomic mass is 9.92. The number of carboxylic acid groups (broad SMARTS) is 1. The second-order valence-corrected chi connectivity index (χ2v) is 5.84. The summed E-state index contributed by atoms with van der Waals surface area (Å²) in [5.74, 6) is -1.08. The Morgan fingerprint density at radius 3 is 2.53 bits per heavy atom. The molecule has 19 heavy (non-hydrogen) atoms. The molecule has 1 rings (SSSR count). The summed E-state index contributed by atoms with van der Waals surface area (Å²) in [7, 11) is 0. The van der Waals surface area contributed by atoms with Crippen LogP contribution in [0.4, 0.5) is 0 Å². The molecule has 1 heterocycles. The molecule has 0 aromatic carbocycles. The maximum absolute atomic E-state index is 12.2. The highest BCUT2D eigenvalue weighted by molar-refractivity contribution is 5.87. The Morgan fingerprint density at radius 2 is 2.11 bits per heavy atom. The first-order valence-corrected chi connectivity index (χ1v) is 7.17. The summed E-state index contributed by atoms with van der Waals surface area (Å²) in [5, 5.41) is 15.2. The van der Waals surface area contributed by atoms with Gasteiger partial charge in [0.2, 0.25) is 5.91 Å². The van der Waals surface area contributed by atoms with Gasteiger partial charge in [-0.3, -0.25) is 9.59 Å². The normalized spacial score (nSPS) is 24.4. The molecule has 0 saturated carbocycles. The molecule has 0 radical (unpaired) electrons. The van der Waals surface area contributed by atoms with E-state index in [1.54, 1.807) is 0 Å². The van der Waals surface area contributed by atoms with Gasteiger partial charge in [0.25, 0.3) is 0 Å². The number of hydrogen-bond acceptors (Lipinski definition) is 3. The zero-order valence-corrected chi connectivity index (χ0v) is 12.2. The van der Waals surface area contributed by atoms with Gasteiger partial charge in [-0.2, -0.15) is 0 Å². The van der Waals surface area contributed by atoms with Crippen molar-refractivity contribution in [1.82, 2.24) is 10.6 Å². The van der Waals surface area contributed by atoms with Crippen molar-refractivity contribution in [2.24, 2.45) is 11.8 Å². The molecular formula is C14H26N2O3. The zero-order chi connectivity index (χ0) is 14.5. The van der Waals surface area contributed by atoms with E-state index in [1.807, 2.05) is 20.8 Å². The predicted molar refractivity (Wildman–Crippen MR) is 73.8 cm³/mol. The van der Waals surface area contributed by atoms with E-state index in [9.17, 15) is 9.59 Å². The fraction of sp³-hybridized carbons (Fsp3) is 0.857. The fourth-order valence-electron chi connectivity index (χ4n) is 2.69. The summed E-state index contributed by atoms with van der Waals surface area (Å²) in [4.78, 5) is 23.4. The molecule has 2 atom stereocenters. The lowest BCUT2D eigenvalue weighted by Crippen LogP contribution is -2.54. The Kier molecular flexibility index (Phi) is 5.79. The molecule has 5 heteroatoms. The summed E-state index contributed by atoms with van der Waals surface area (Å²) < 4.78 is 0. The van der Waals surface area contributed by atoms with E-state index < -0.39 is 17.4 Å². The van der Waals surface area contributed by atoms with Crippen LogP contribution in [-0.2, 0) is 9.59 Å². The maximum Gasteiger partial charge on any atom is 0.308 e. The van der Waals surface area contributed by atoms with Gasteiger partial charge >= 0.3 is 5.97 Å². The topological polar surface area (TPSA) is 78.4 Å². The lowest BCUT2D eigenvalue weighted by Gasteiger charge is -2.27. The zero-order valence-electron chi connectivity index (χ0n) is 12.2. The molecule has 0 aromatic heterocycles. The van der Waals surface area contributed by atoms with Crippen LogP contribution < -0.4 is 10.6 Å². The number of carboxylic acids is 1. The molecular weight excluding hydrogens is 244 g/mol. The van der Waals surface area contributed by atoms with E-state index in [4.69, 9.17) is 5.11 Å². The minimum absolute atomic E-state index is 0.0532. The Bertz CT molecular complexity index is 323. The van der Waals surface area contributed by atoms with E-state index >= 15 is 0 Å². The number of rotatable bonds is 7. The summed E-state index contributed by atoms with van der Waals surface area (Å²) in [6.45, 7) is 7.04. The molecule has 1 aliphatic rings. The van der Waals surface area contributed by atoms with Gasteiger partial charge in [-0.15, -0.1) is 0 Å². The summed E-state index contributed by atoms with van der Waals surface area (Å²) in [5.41, 5.74) is -0.485. The first kappa shape index (κ1) is 16.0. The summed E-state index contributed by atoms with van der Waals surface area (Å²) in [6, 6.07) is 0. The quantitative estimate of drug-likeness (QED) is 0.653. The SMILES string of the molecule is CCC1(C(=O)NCC(CC(C)C)C(=O)O)CCCN1. The molecule has 0 aliphatic carbocycles. The van der Waals surface area contributed by atoms with Crippen LogP contribution in [0.25, 0.3) is 0 Å². The minimum Gasteiger partial charge on any atom is -0.481 e. The van der Waals surface area contributed by atoms with Crippen LogP contribution in [0.2, 0.25) is 0 Å². The van der Waals surface area contributed by atoms with Crippen LogP contribution in [0.1, 0.15) is 46.5 Å². The van der Waals surface area contributed by atoms with Crippen molar-refractivity contribution >= 4 is 11.9 Å². The summed E-state index contributed by atoms with van der Waals surface area (Å²) in [6.07, 6.45) is 3.15. The molecule has 110 valence electrons. The van der Waals surface area contributed by atoms with Crippen molar-refractivity contribution in [3.8, 4) is 0 Å². The molecule has 1 fully saturated rings. The molecule has 0 spiro atoms. The third-order valence-corrected chi connectivity index (χ3v) is 3.90. The van der Waals surface area contributed by atoms with Gasteiger partial charge in [0, 0.05) is 6.54 Å². The van der Waals surface area contributed by atoms with Gasteiger partial charge in [0.05, 0.1) is 11.5 Å². The highest BCUT2D eigenvalue weighted by atomic mass is 16.4. The Balaban J connectivity index is 2.53. The van der Waals surface area contributed by atoms with Crippen LogP contribution in [0.15, 0.2) is 0 Å². The number of carbonyl (C=O) groups is 2. The van der Waals surface area contributed by atoms with Crippen LogP contribution >= 0.6 is 0 Å². The Morgan fingerprint density at radius 1 is 1.42 bits per heavy atom. The van der Waals surface area contributed by atoms with E-state index in [2.05, 4.69) is 10.6 Å². The Labute approximate surface area is 115 Å². The van der Waals surface area contributed by atoms with Gasteiger partial charge in [0.15, 0.2) is 0 Å². The second-order valence-electron chi connectivity index (χ2n) is 5.84. The van der Waals surface area contributed by atoms with Gasteiger partial charge in [-0.25, -0.2) is 0 Å². The van der Waals surface area contributed by atoms with Crippen LogP contribution in [0.3, 0.4) is 0 Å². The number of nitrogens with one attached hydrogen (secondary N) is 2. The standard InChI is InChI=1S/C14H26N2O3/c1-4-14(6-5-7-16-14)13(19)15-9-11(12(17)18)8-10(2)3/h10-11,16H,4-9H2,1-3H3,(H,15,19)(H,17,18). The smallest absolute Gasteiger partial charge is 0.308 e. The van der Waals surface area contributed by atoms with Crippen molar-refractivity contribution < 1.29 is 14.7 Å². The third kappa shape index (κ3) is 4.20.